The van der Waals surface area contributed by atoms with Gasteiger partial charge in [0.05, 0.1) is 12.1 Å². The van der Waals surface area contributed by atoms with Crippen LogP contribution in [0.1, 0.15) is 31.0 Å². The van der Waals surface area contributed by atoms with E-state index in [1.807, 2.05) is 36.4 Å². The van der Waals surface area contributed by atoms with Crippen LogP contribution in [-0.2, 0) is 11.2 Å². The van der Waals surface area contributed by atoms with Crippen LogP contribution in [0.4, 0.5) is 5.69 Å². The van der Waals surface area contributed by atoms with Gasteiger partial charge in [-0.05, 0) is 47.9 Å². The van der Waals surface area contributed by atoms with Gasteiger partial charge in [0.15, 0.2) is 5.76 Å². The number of aromatic nitrogens is 1. The van der Waals surface area contributed by atoms with Crippen molar-refractivity contribution in [2.24, 2.45) is 0 Å². The van der Waals surface area contributed by atoms with E-state index in [9.17, 15) is 4.79 Å². The van der Waals surface area contributed by atoms with Gasteiger partial charge in [-0.25, -0.2) is 0 Å². The third-order valence-corrected chi connectivity index (χ3v) is 4.14. The Morgan fingerprint density at radius 3 is 2.44 bits per heavy atom. The Bertz CT molecular complexity index is 852. The van der Waals surface area contributed by atoms with Crippen LogP contribution in [0.5, 0.6) is 0 Å². The van der Waals surface area contributed by atoms with Crippen molar-refractivity contribution in [1.29, 1.82) is 0 Å². The molecule has 1 amide bonds. The molecule has 3 rings (SSSR count). The van der Waals surface area contributed by atoms with E-state index >= 15 is 0 Å². The van der Waals surface area contributed by atoms with Gasteiger partial charge in [0.1, 0.15) is 0 Å². The molecule has 128 valence electrons. The van der Waals surface area contributed by atoms with Crippen molar-refractivity contribution in [1.82, 2.24) is 5.16 Å². The van der Waals surface area contributed by atoms with E-state index in [1.54, 1.807) is 18.2 Å². The molecule has 0 aliphatic rings. The fourth-order valence-corrected chi connectivity index (χ4v) is 2.59. The number of hydrogen-bond acceptors (Lipinski definition) is 3. The Kier molecular flexibility index (Phi) is 5.19. The molecule has 1 heterocycles. The number of benzene rings is 2. The summed E-state index contributed by atoms with van der Waals surface area (Å²) < 4.78 is 5.31. The summed E-state index contributed by atoms with van der Waals surface area (Å²) in [5.74, 6) is 0.945. The predicted octanol–water partition coefficient (Wildman–Crippen LogP) is 5.30. The number of anilines is 1. The fraction of sp³-hybridized carbons (Fsp3) is 0.200. The molecule has 0 aliphatic carbocycles. The zero-order valence-electron chi connectivity index (χ0n) is 14.1. The minimum atomic E-state index is -0.131. The van der Waals surface area contributed by atoms with Crippen molar-refractivity contribution in [2.75, 3.05) is 5.32 Å². The maximum Gasteiger partial charge on any atom is 0.230 e. The van der Waals surface area contributed by atoms with E-state index < -0.39 is 0 Å². The lowest BCUT2D eigenvalue weighted by Crippen LogP contribution is -2.14. The van der Waals surface area contributed by atoms with Crippen LogP contribution in [0.15, 0.2) is 59.1 Å². The molecule has 4 nitrogen and oxygen atoms in total. The third kappa shape index (κ3) is 4.48. The van der Waals surface area contributed by atoms with Gasteiger partial charge in [-0.2, -0.15) is 0 Å². The van der Waals surface area contributed by atoms with Crippen molar-refractivity contribution < 1.29 is 9.32 Å². The number of carbonyl (C=O) groups excluding carboxylic acids is 1. The number of hydrogen-bond donors (Lipinski definition) is 1. The standard InChI is InChI=1S/C20H19ClN2O2/c1-13(2)14-5-9-17(10-6-14)22-20(24)12-18-11-19(25-23-18)15-3-7-16(21)8-4-15/h3-11,13H,12H2,1-2H3,(H,22,24). The van der Waals surface area contributed by atoms with Gasteiger partial charge in [-0.1, -0.05) is 42.7 Å². The minimum absolute atomic E-state index is 0.131. The van der Waals surface area contributed by atoms with Crippen LogP contribution in [0.25, 0.3) is 11.3 Å². The smallest absolute Gasteiger partial charge is 0.230 e. The summed E-state index contributed by atoms with van der Waals surface area (Å²) in [6.07, 6.45) is 0.156. The Labute approximate surface area is 151 Å². The first-order valence-electron chi connectivity index (χ1n) is 8.12. The molecule has 5 heteroatoms. The molecule has 0 saturated heterocycles. The lowest BCUT2D eigenvalue weighted by atomic mass is 10.0. The molecule has 3 aromatic rings. The van der Waals surface area contributed by atoms with E-state index in [0.717, 1.165) is 11.3 Å². The van der Waals surface area contributed by atoms with Crippen LogP contribution < -0.4 is 5.32 Å². The molecule has 0 aliphatic heterocycles. The van der Waals surface area contributed by atoms with Gasteiger partial charge >= 0.3 is 0 Å². The lowest BCUT2D eigenvalue weighted by molar-refractivity contribution is -0.115. The minimum Gasteiger partial charge on any atom is -0.356 e. The molecule has 1 aromatic heterocycles. The lowest BCUT2D eigenvalue weighted by Gasteiger charge is -2.07. The molecule has 0 saturated carbocycles. The van der Waals surface area contributed by atoms with Crippen LogP contribution in [0.3, 0.4) is 0 Å². The van der Waals surface area contributed by atoms with Crippen LogP contribution in [-0.4, -0.2) is 11.1 Å². The maximum atomic E-state index is 12.2. The third-order valence-electron chi connectivity index (χ3n) is 3.89. The Balaban J connectivity index is 1.62. The normalized spacial score (nSPS) is 10.9. The topological polar surface area (TPSA) is 55.1 Å². The van der Waals surface area contributed by atoms with Crippen molar-refractivity contribution in [2.45, 2.75) is 26.2 Å². The fourth-order valence-electron chi connectivity index (χ4n) is 2.47. The van der Waals surface area contributed by atoms with E-state index in [0.29, 0.717) is 22.4 Å². The van der Waals surface area contributed by atoms with Gasteiger partial charge in [0.2, 0.25) is 5.91 Å². The number of halogens is 1. The average molecular weight is 355 g/mol. The molecule has 0 radical (unpaired) electrons. The van der Waals surface area contributed by atoms with Crippen molar-refractivity contribution in [3.8, 4) is 11.3 Å². The quantitative estimate of drug-likeness (QED) is 0.676. The number of amides is 1. The second-order valence-corrected chi connectivity index (χ2v) is 6.63. The summed E-state index contributed by atoms with van der Waals surface area (Å²) >= 11 is 5.88. The summed E-state index contributed by atoms with van der Waals surface area (Å²) in [4.78, 5) is 12.2. The summed E-state index contributed by atoms with van der Waals surface area (Å²) in [6.45, 7) is 4.27. The van der Waals surface area contributed by atoms with Gasteiger partial charge in [-0.15, -0.1) is 0 Å². The molecular weight excluding hydrogens is 336 g/mol. The first kappa shape index (κ1) is 17.2. The van der Waals surface area contributed by atoms with Crippen molar-refractivity contribution in [3.05, 3.63) is 70.9 Å². The highest BCUT2D eigenvalue weighted by molar-refractivity contribution is 6.30. The highest BCUT2D eigenvalue weighted by Gasteiger charge is 2.11. The molecule has 0 spiro atoms. The monoisotopic (exact) mass is 354 g/mol. The van der Waals surface area contributed by atoms with Gasteiger partial charge in [0.25, 0.3) is 0 Å². The number of nitrogens with zero attached hydrogens (tertiary/aromatic N) is 1. The first-order chi connectivity index (χ1) is 12.0. The molecule has 0 fully saturated rings. The molecule has 0 unspecified atom stereocenters. The van der Waals surface area contributed by atoms with Gasteiger partial charge in [0, 0.05) is 22.3 Å². The van der Waals surface area contributed by atoms with Crippen LogP contribution in [0, 0.1) is 0 Å². The van der Waals surface area contributed by atoms with E-state index in [4.69, 9.17) is 16.1 Å². The molecule has 25 heavy (non-hydrogen) atoms. The van der Waals surface area contributed by atoms with Gasteiger partial charge in [-0.3, -0.25) is 4.79 Å². The summed E-state index contributed by atoms with van der Waals surface area (Å²) in [5, 5.41) is 7.50. The first-order valence-corrected chi connectivity index (χ1v) is 8.50. The number of carbonyl (C=O) groups is 1. The summed E-state index contributed by atoms with van der Waals surface area (Å²) in [6, 6.07) is 16.9. The number of rotatable bonds is 5. The van der Waals surface area contributed by atoms with Crippen LogP contribution in [0.2, 0.25) is 5.02 Å². The zero-order chi connectivity index (χ0) is 17.8. The SMILES string of the molecule is CC(C)c1ccc(NC(=O)Cc2cc(-c3ccc(Cl)cc3)on2)cc1. The van der Waals surface area contributed by atoms with E-state index in [-0.39, 0.29) is 12.3 Å². The Morgan fingerprint density at radius 1 is 1.12 bits per heavy atom. The molecular formula is C20H19ClN2O2. The zero-order valence-corrected chi connectivity index (χ0v) is 14.9. The highest BCUT2D eigenvalue weighted by atomic mass is 35.5. The Morgan fingerprint density at radius 2 is 1.80 bits per heavy atom. The summed E-state index contributed by atoms with van der Waals surface area (Å²) in [7, 11) is 0. The van der Waals surface area contributed by atoms with E-state index in [2.05, 4.69) is 24.3 Å². The van der Waals surface area contributed by atoms with Crippen LogP contribution >= 0.6 is 11.6 Å². The van der Waals surface area contributed by atoms with Crippen molar-refractivity contribution in [3.63, 3.8) is 0 Å². The Hall–Kier alpha value is -2.59. The largest absolute Gasteiger partial charge is 0.356 e. The highest BCUT2D eigenvalue weighted by Crippen LogP contribution is 2.23. The second kappa shape index (κ2) is 7.53. The van der Waals surface area contributed by atoms with Gasteiger partial charge < -0.3 is 9.84 Å². The molecule has 0 bridgehead atoms. The summed E-state index contributed by atoms with van der Waals surface area (Å²) in [5.41, 5.74) is 3.46. The van der Waals surface area contributed by atoms with E-state index in [1.165, 1.54) is 5.56 Å². The second-order valence-electron chi connectivity index (χ2n) is 6.19. The maximum absolute atomic E-state index is 12.2. The molecule has 2 aromatic carbocycles. The molecule has 1 N–H and O–H groups in total. The number of nitrogens with one attached hydrogen (secondary N) is 1. The average Bonchev–Trinajstić information content (AvgIpc) is 3.04. The molecule has 0 atom stereocenters. The predicted molar refractivity (Wildman–Crippen MR) is 99.8 cm³/mol. The van der Waals surface area contributed by atoms with Crippen molar-refractivity contribution >= 4 is 23.2 Å².